The van der Waals surface area contributed by atoms with E-state index in [1.807, 2.05) is 43.3 Å². The highest BCUT2D eigenvalue weighted by Crippen LogP contribution is 2.16. The molecule has 6 heteroatoms. The lowest BCUT2D eigenvalue weighted by molar-refractivity contribution is 0.0790. The van der Waals surface area contributed by atoms with Gasteiger partial charge in [0.1, 0.15) is 17.8 Å². The van der Waals surface area contributed by atoms with Crippen LogP contribution in [-0.2, 0) is 6.42 Å². The summed E-state index contributed by atoms with van der Waals surface area (Å²) in [6.07, 6.45) is 5.68. The van der Waals surface area contributed by atoms with E-state index in [0.717, 1.165) is 23.2 Å². The van der Waals surface area contributed by atoms with Gasteiger partial charge in [-0.1, -0.05) is 12.1 Å². The zero-order chi connectivity index (χ0) is 18.4. The van der Waals surface area contributed by atoms with Crippen LogP contribution in [0.2, 0.25) is 0 Å². The highest BCUT2D eigenvalue weighted by molar-refractivity contribution is 5.92. The van der Waals surface area contributed by atoms with Gasteiger partial charge in [-0.05, 0) is 48.7 Å². The number of likely N-dealkylation sites (N-methyl/N-ethyl adjacent to an activating group) is 1. The van der Waals surface area contributed by atoms with Crippen molar-refractivity contribution in [2.45, 2.75) is 13.3 Å². The molecule has 0 aliphatic carbocycles. The molecular formula is C20H21N5O. The number of hydrogen-bond donors (Lipinski definition) is 1. The Morgan fingerprint density at radius 2 is 1.92 bits per heavy atom. The van der Waals surface area contributed by atoms with Crippen molar-refractivity contribution < 1.29 is 4.79 Å². The van der Waals surface area contributed by atoms with Crippen molar-refractivity contribution in [1.29, 1.82) is 0 Å². The van der Waals surface area contributed by atoms with E-state index < -0.39 is 0 Å². The molecule has 1 amide bonds. The number of nitrogens with one attached hydrogen (secondary N) is 1. The Balaban J connectivity index is 1.65. The molecule has 1 aromatic carbocycles. The Labute approximate surface area is 153 Å². The first kappa shape index (κ1) is 17.5. The van der Waals surface area contributed by atoms with Gasteiger partial charge in [-0.15, -0.1) is 0 Å². The van der Waals surface area contributed by atoms with Gasteiger partial charge in [0.2, 0.25) is 0 Å². The number of rotatable bonds is 6. The Bertz CT molecular complexity index is 882. The van der Waals surface area contributed by atoms with Crippen molar-refractivity contribution in [3.8, 4) is 0 Å². The van der Waals surface area contributed by atoms with Crippen molar-refractivity contribution in [3.05, 3.63) is 78.0 Å². The Kier molecular flexibility index (Phi) is 5.53. The summed E-state index contributed by atoms with van der Waals surface area (Å²) < 4.78 is 0. The van der Waals surface area contributed by atoms with Gasteiger partial charge in [-0.3, -0.25) is 9.78 Å². The quantitative estimate of drug-likeness (QED) is 0.741. The summed E-state index contributed by atoms with van der Waals surface area (Å²) in [5, 5.41) is 3.21. The van der Waals surface area contributed by atoms with E-state index in [9.17, 15) is 4.79 Å². The predicted octanol–water partition coefficient (Wildman–Crippen LogP) is 3.24. The second-order valence-electron chi connectivity index (χ2n) is 6.12. The average molecular weight is 347 g/mol. The molecule has 0 radical (unpaired) electrons. The summed E-state index contributed by atoms with van der Waals surface area (Å²) in [7, 11) is 1.78. The van der Waals surface area contributed by atoms with Crippen LogP contribution in [0.3, 0.4) is 0 Å². The molecular weight excluding hydrogens is 326 g/mol. The molecule has 2 heterocycles. The molecule has 26 heavy (non-hydrogen) atoms. The third-order valence-electron chi connectivity index (χ3n) is 4.01. The molecule has 0 aliphatic rings. The zero-order valence-electron chi connectivity index (χ0n) is 14.9. The van der Waals surface area contributed by atoms with Gasteiger partial charge in [-0.2, -0.15) is 0 Å². The minimum absolute atomic E-state index is 0.131. The van der Waals surface area contributed by atoms with Gasteiger partial charge in [-0.25, -0.2) is 9.97 Å². The Morgan fingerprint density at radius 3 is 2.69 bits per heavy atom. The molecule has 0 atom stereocenters. The molecule has 0 unspecified atom stereocenters. The molecule has 0 spiro atoms. The Morgan fingerprint density at radius 1 is 1.12 bits per heavy atom. The SMILES string of the molecule is Cc1cccc(Nc2cc(C(=O)N(C)CCc3ccncc3)ncn2)c1. The fourth-order valence-corrected chi connectivity index (χ4v) is 2.56. The average Bonchev–Trinajstić information content (AvgIpc) is 2.66. The molecule has 0 saturated heterocycles. The number of carbonyl (C=O) groups excluding carboxylic acids is 1. The first-order valence-corrected chi connectivity index (χ1v) is 8.42. The van der Waals surface area contributed by atoms with E-state index in [4.69, 9.17) is 0 Å². The van der Waals surface area contributed by atoms with Crippen LogP contribution >= 0.6 is 0 Å². The monoisotopic (exact) mass is 347 g/mol. The summed E-state index contributed by atoms with van der Waals surface area (Å²) in [6.45, 7) is 2.63. The summed E-state index contributed by atoms with van der Waals surface area (Å²) in [6, 6.07) is 13.5. The minimum Gasteiger partial charge on any atom is -0.340 e. The number of pyridine rings is 1. The minimum atomic E-state index is -0.131. The summed E-state index contributed by atoms with van der Waals surface area (Å²) in [4.78, 5) is 26.6. The summed E-state index contributed by atoms with van der Waals surface area (Å²) in [5.41, 5.74) is 3.58. The van der Waals surface area contributed by atoms with Crippen LogP contribution in [0.15, 0.2) is 61.2 Å². The fraction of sp³-hybridized carbons (Fsp3) is 0.200. The smallest absolute Gasteiger partial charge is 0.272 e. The van der Waals surface area contributed by atoms with Gasteiger partial charge >= 0.3 is 0 Å². The van der Waals surface area contributed by atoms with Crippen molar-refractivity contribution >= 4 is 17.4 Å². The molecule has 132 valence electrons. The van der Waals surface area contributed by atoms with Crippen molar-refractivity contribution in [3.63, 3.8) is 0 Å². The number of anilines is 2. The van der Waals surface area contributed by atoms with Gasteiger partial charge in [0, 0.05) is 37.7 Å². The van der Waals surface area contributed by atoms with Gasteiger partial charge in [0.15, 0.2) is 0 Å². The first-order chi connectivity index (χ1) is 12.6. The molecule has 0 aliphatic heterocycles. The third-order valence-corrected chi connectivity index (χ3v) is 4.01. The van der Waals surface area contributed by atoms with E-state index >= 15 is 0 Å². The number of hydrogen-bond acceptors (Lipinski definition) is 5. The van der Waals surface area contributed by atoms with E-state index in [1.165, 1.54) is 6.33 Å². The maximum absolute atomic E-state index is 12.6. The molecule has 1 N–H and O–H groups in total. The molecule has 0 saturated carbocycles. The molecule has 0 bridgehead atoms. The van der Waals surface area contributed by atoms with Crippen LogP contribution < -0.4 is 5.32 Å². The molecule has 6 nitrogen and oxygen atoms in total. The van der Waals surface area contributed by atoms with E-state index in [-0.39, 0.29) is 5.91 Å². The summed E-state index contributed by atoms with van der Waals surface area (Å²) >= 11 is 0. The third kappa shape index (κ3) is 4.63. The topological polar surface area (TPSA) is 71.0 Å². The number of benzene rings is 1. The number of aryl methyl sites for hydroxylation is 1. The zero-order valence-corrected chi connectivity index (χ0v) is 14.9. The van der Waals surface area contributed by atoms with Crippen LogP contribution in [0.4, 0.5) is 11.5 Å². The lowest BCUT2D eigenvalue weighted by atomic mass is 10.2. The highest BCUT2D eigenvalue weighted by Gasteiger charge is 2.14. The predicted molar refractivity (Wildman–Crippen MR) is 101 cm³/mol. The van der Waals surface area contributed by atoms with Crippen LogP contribution in [-0.4, -0.2) is 39.4 Å². The van der Waals surface area contributed by atoms with Gasteiger partial charge in [0.05, 0.1) is 0 Å². The van der Waals surface area contributed by atoms with Crippen LogP contribution in [0.25, 0.3) is 0 Å². The fourth-order valence-electron chi connectivity index (χ4n) is 2.56. The van der Waals surface area contributed by atoms with E-state index in [1.54, 1.807) is 30.4 Å². The summed E-state index contributed by atoms with van der Waals surface area (Å²) in [5.74, 6) is 0.463. The van der Waals surface area contributed by atoms with Gasteiger partial charge in [0.25, 0.3) is 5.91 Å². The molecule has 2 aromatic heterocycles. The molecule has 3 aromatic rings. The van der Waals surface area contributed by atoms with E-state index in [2.05, 4.69) is 20.3 Å². The lowest BCUT2D eigenvalue weighted by Gasteiger charge is -2.17. The van der Waals surface area contributed by atoms with Gasteiger partial charge < -0.3 is 10.2 Å². The number of nitrogens with zero attached hydrogens (tertiary/aromatic N) is 4. The van der Waals surface area contributed by atoms with Crippen LogP contribution in [0.1, 0.15) is 21.6 Å². The van der Waals surface area contributed by atoms with Crippen molar-refractivity contribution in [2.75, 3.05) is 18.9 Å². The van der Waals surface area contributed by atoms with Crippen LogP contribution in [0, 0.1) is 6.92 Å². The maximum atomic E-state index is 12.6. The number of amides is 1. The number of carbonyl (C=O) groups is 1. The maximum Gasteiger partial charge on any atom is 0.272 e. The van der Waals surface area contributed by atoms with Crippen LogP contribution in [0.5, 0.6) is 0 Å². The molecule has 0 fully saturated rings. The number of aromatic nitrogens is 3. The first-order valence-electron chi connectivity index (χ1n) is 8.42. The highest BCUT2D eigenvalue weighted by atomic mass is 16.2. The van der Waals surface area contributed by atoms with Crippen molar-refractivity contribution in [2.24, 2.45) is 0 Å². The normalized spacial score (nSPS) is 10.4. The lowest BCUT2D eigenvalue weighted by Crippen LogP contribution is -2.29. The second-order valence-corrected chi connectivity index (χ2v) is 6.12. The van der Waals surface area contributed by atoms with E-state index in [0.29, 0.717) is 18.1 Å². The second kappa shape index (κ2) is 8.20. The largest absolute Gasteiger partial charge is 0.340 e. The standard InChI is InChI=1S/C20H21N5O/c1-15-4-3-5-17(12-15)24-19-13-18(22-14-23-19)20(26)25(2)11-8-16-6-9-21-10-7-16/h3-7,9-10,12-14H,8,11H2,1-2H3,(H,22,23,24). The molecule has 3 rings (SSSR count). The van der Waals surface area contributed by atoms with Crippen molar-refractivity contribution in [1.82, 2.24) is 19.9 Å². The Hall–Kier alpha value is -3.28.